The molecule has 0 saturated carbocycles. The number of aryl methyl sites for hydroxylation is 1. The van der Waals surface area contributed by atoms with Crippen molar-refractivity contribution >= 4 is 39.2 Å². The molecule has 0 atom stereocenters. The van der Waals surface area contributed by atoms with Crippen molar-refractivity contribution in [3.63, 3.8) is 0 Å². The first-order chi connectivity index (χ1) is 9.65. The summed E-state index contributed by atoms with van der Waals surface area (Å²) in [5.74, 6) is -0.204. The lowest BCUT2D eigenvalue weighted by molar-refractivity contribution is -0.115. The molecule has 0 aliphatic rings. The van der Waals surface area contributed by atoms with E-state index in [1.165, 1.54) is 27.1 Å². The van der Waals surface area contributed by atoms with E-state index in [1.54, 1.807) is 18.5 Å². The van der Waals surface area contributed by atoms with Crippen LogP contribution in [0.25, 0.3) is 4.96 Å². The van der Waals surface area contributed by atoms with Gasteiger partial charge in [-0.15, -0.1) is 22.7 Å². The van der Waals surface area contributed by atoms with Crippen LogP contribution in [0.2, 0.25) is 0 Å². The van der Waals surface area contributed by atoms with Gasteiger partial charge in [-0.25, -0.2) is 4.98 Å². The molecule has 1 N–H and O–H groups in total. The minimum atomic E-state index is -0.242. The zero-order valence-corrected chi connectivity index (χ0v) is 12.3. The fourth-order valence-electron chi connectivity index (χ4n) is 1.88. The molecule has 0 bridgehead atoms. The van der Waals surface area contributed by atoms with Gasteiger partial charge in [-0.1, -0.05) is 6.07 Å². The van der Waals surface area contributed by atoms with Gasteiger partial charge < -0.3 is 5.32 Å². The fraction of sp³-hybridized carbons (Fsp3) is 0.154. The number of amides is 1. The van der Waals surface area contributed by atoms with E-state index < -0.39 is 0 Å². The maximum absolute atomic E-state index is 12.3. The number of carbonyl (C=O) groups excluding carboxylic acids is 1. The summed E-state index contributed by atoms with van der Waals surface area (Å²) in [5.41, 5.74) is 0.549. The highest BCUT2D eigenvalue weighted by atomic mass is 32.1. The molecular formula is C13H11N3O2S2. The van der Waals surface area contributed by atoms with Crippen LogP contribution in [0.1, 0.15) is 10.6 Å². The Hall–Kier alpha value is -1.99. The summed E-state index contributed by atoms with van der Waals surface area (Å²) in [4.78, 5) is 30.2. The Morgan fingerprint density at radius 3 is 3.00 bits per heavy atom. The maximum atomic E-state index is 12.3. The van der Waals surface area contributed by atoms with Crippen molar-refractivity contribution in [1.82, 2.24) is 9.38 Å². The number of hydrogen-bond donors (Lipinski definition) is 1. The summed E-state index contributed by atoms with van der Waals surface area (Å²) in [6, 6.07) is 3.79. The Kier molecular flexibility index (Phi) is 3.37. The van der Waals surface area contributed by atoms with Gasteiger partial charge in [-0.2, -0.15) is 0 Å². The highest BCUT2D eigenvalue weighted by Crippen LogP contribution is 2.14. The zero-order chi connectivity index (χ0) is 14.1. The number of rotatable bonds is 3. The molecular weight excluding hydrogens is 294 g/mol. The predicted molar refractivity (Wildman–Crippen MR) is 80.7 cm³/mol. The van der Waals surface area contributed by atoms with Gasteiger partial charge in [0.2, 0.25) is 5.91 Å². The van der Waals surface area contributed by atoms with E-state index in [9.17, 15) is 9.59 Å². The molecule has 0 radical (unpaired) electrons. The molecule has 3 heterocycles. The lowest BCUT2D eigenvalue weighted by Crippen LogP contribution is -2.24. The van der Waals surface area contributed by atoms with E-state index in [0.717, 1.165) is 4.88 Å². The highest BCUT2D eigenvalue weighted by molar-refractivity contribution is 7.15. The van der Waals surface area contributed by atoms with Crippen molar-refractivity contribution in [3.8, 4) is 0 Å². The fourth-order valence-corrected chi connectivity index (χ4v) is 3.34. The van der Waals surface area contributed by atoms with Crippen molar-refractivity contribution in [3.05, 3.63) is 50.0 Å². The summed E-state index contributed by atoms with van der Waals surface area (Å²) in [5, 5.41) is 6.39. The van der Waals surface area contributed by atoms with E-state index in [1.807, 2.05) is 17.5 Å². The van der Waals surface area contributed by atoms with Crippen molar-refractivity contribution in [2.24, 2.45) is 0 Å². The van der Waals surface area contributed by atoms with Gasteiger partial charge in [0.05, 0.1) is 12.1 Å². The van der Waals surface area contributed by atoms with E-state index in [2.05, 4.69) is 10.3 Å². The van der Waals surface area contributed by atoms with Crippen LogP contribution < -0.4 is 10.9 Å². The van der Waals surface area contributed by atoms with E-state index >= 15 is 0 Å². The van der Waals surface area contributed by atoms with Crippen LogP contribution in [0.15, 0.2) is 33.9 Å². The standard InChI is InChI=1S/C13H11N3O2S2/c1-8-11(12(18)16-4-6-20-13(16)14-8)15-10(17)7-9-3-2-5-19-9/h2-6H,7H2,1H3,(H,15,17). The summed E-state index contributed by atoms with van der Waals surface area (Å²) in [7, 11) is 0. The summed E-state index contributed by atoms with van der Waals surface area (Å²) >= 11 is 2.90. The molecule has 20 heavy (non-hydrogen) atoms. The summed E-state index contributed by atoms with van der Waals surface area (Å²) in [6.45, 7) is 1.72. The van der Waals surface area contributed by atoms with Crippen LogP contribution in [-0.2, 0) is 11.2 Å². The molecule has 102 valence electrons. The lowest BCUT2D eigenvalue weighted by Gasteiger charge is -2.07. The number of aromatic nitrogens is 2. The van der Waals surface area contributed by atoms with Gasteiger partial charge in [0.1, 0.15) is 5.69 Å². The van der Waals surface area contributed by atoms with E-state index in [0.29, 0.717) is 10.7 Å². The minimum absolute atomic E-state index is 0.204. The quantitative estimate of drug-likeness (QED) is 0.807. The minimum Gasteiger partial charge on any atom is -0.320 e. The average molecular weight is 305 g/mol. The third kappa shape index (κ3) is 2.37. The third-order valence-electron chi connectivity index (χ3n) is 2.83. The zero-order valence-electron chi connectivity index (χ0n) is 10.6. The topological polar surface area (TPSA) is 63.5 Å². The molecule has 0 saturated heterocycles. The normalized spacial score (nSPS) is 10.8. The van der Waals surface area contributed by atoms with Crippen LogP contribution in [0.3, 0.4) is 0 Å². The van der Waals surface area contributed by atoms with Crippen LogP contribution in [-0.4, -0.2) is 15.3 Å². The first kappa shape index (κ1) is 13.0. The van der Waals surface area contributed by atoms with Gasteiger partial charge in [-0.3, -0.25) is 14.0 Å². The molecule has 0 fully saturated rings. The second kappa shape index (κ2) is 5.18. The Balaban J connectivity index is 1.90. The molecule has 0 unspecified atom stereocenters. The number of carbonyl (C=O) groups is 1. The van der Waals surface area contributed by atoms with Gasteiger partial charge in [-0.05, 0) is 18.4 Å². The number of fused-ring (bicyclic) bond motifs is 1. The Labute approximate surface area is 122 Å². The van der Waals surface area contributed by atoms with Gasteiger partial charge in [0.15, 0.2) is 4.96 Å². The third-order valence-corrected chi connectivity index (χ3v) is 4.46. The van der Waals surface area contributed by atoms with Gasteiger partial charge >= 0.3 is 0 Å². The number of thiophene rings is 1. The number of nitrogens with one attached hydrogen (secondary N) is 1. The molecule has 3 rings (SSSR count). The van der Waals surface area contributed by atoms with Gasteiger partial charge in [0.25, 0.3) is 5.56 Å². The smallest absolute Gasteiger partial charge is 0.282 e. The highest BCUT2D eigenvalue weighted by Gasteiger charge is 2.13. The molecule has 0 aliphatic heterocycles. The molecule has 1 amide bonds. The molecule has 7 heteroatoms. The molecule has 3 aromatic rings. The van der Waals surface area contributed by atoms with Crippen LogP contribution in [0.5, 0.6) is 0 Å². The predicted octanol–water partition coefficient (Wildman–Crippen LogP) is 2.31. The van der Waals surface area contributed by atoms with E-state index in [4.69, 9.17) is 0 Å². The van der Waals surface area contributed by atoms with Crippen LogP contribution in [0.4, 0.5) is 5.69 Å². The number of nitrogens with zero attached hydrogens (tertiary/aromatic N) is 2. The first-order valence-electron chi connectivity index (χ1n) is 5.94. The first-order valence-corrected chi connectivity index (χ1v) is 7.70. The average Bonchev–Trinajstić information content (AvgIpc) is 3.05. The largest absolute Gasteiger partial charge is 0.320 e. The summed E-state index contributed by atoms with van der Waals surface area (Å²) < 4.78 is 1.44. The second-order valence-electron chi connectivity index (χ2n) is 4.24. The number of hydrogen-bond acceptors (Lipinski definition) is 5. The van der Waals surface area contributed by atoms with Gasteiger partial charge in [0, 0.05) is 16.5 Å². The number of thiazole rings is 1. The SMILES string of the molecule is Cc1nc2sccn2c(=O)c1NC(=O)Cc1cccs1. The summed E-state index contributed by atoms with van der Waals surface area (Å²) in [6.07, 6.45) is 1.92. The lowest BCUT2D eigenvalue weighted by atomic mass is 10.3. The van der Waals surface area contributed by atoms with Crippen molar-refractivity contribution in [1.29, 1.82) is 0 Å². The van der Waals surface area contributed by atoms with Crippen molar-refractivity contribution in [2.45, 2.75) is 13.3 Å². The Bertz CT molecular complexity index is 818. The van der Waals surface area contributed by atoms with Crippen LogP contribution in [0, 0.1) is 6.92 Å². The van der Waals surface area contributed by atoms with Crippen molar-refractivity contribution < 1.29 is 4.79 Å². The van der Waals surface area contributed by atoms with Crippen molar-refractivity contribution in [2.75, 3.05) is 5.32 Å². The second-order valence-corrected chi connectivity index (χ2v) is 6.14. The van der Waals surface area contributed by atoms with E-state index in [-0.39, 0.29) is 23.6 Å². The molecule has 0 aromatic carbocycles. The molecule has 5 nitrogen and oxygen atoms in total. The molecule has 0 spiro atoms. The Morgan fingerprint density at radius 1 is 1.40 bits per heavy atom. The number of anilines is 1. The monoisotopic (exact) mass is 305 g/mol. The maximum Gasteiger partial charge on any atom is 0.282 e. The molecule has 3 aromatic heterocycles. The molecule has 0 aliphatic carbocycles. The Morgan fingerprint density at radius 2 is 2.25 bits per heavy atom. The van der Waals surface area contributed by atoms with Crippen LogP contribution >= 0.6 is 22.7 Å².